The van der Waals surface area contributed by atoms with Crippen LogP contribution >= 0.6 is 0 Å². The third-order valence-electron chi connectivity index (χ3n) is 5.58. The number of likely N-dealkylation sites (N-methyl/N-ethyl adjacent to an activating group) is 1. The quantitative estimate of drug-likeness (QED) is 0.454. The minimum atomic E-state index is -0.130. The van der Waals surface area contributed by atoms with Crippen molar-refractivity contribution in [3.63, 3.8) is 0 Å². The third-order valence-corrected chi connectivity index (χ3v) is 5.58. The molecule has 0 aromatic carbocycles. The van der Waals surface area contributed by atoms with Crippen LogP contribution in [0.3, 0.4) is 0 Å². The molecule has 0 spiro atoms. The van der Waals surface area contributed by atoms with Gasteiger partial charge in [0.2, 0.25) is 0 Å². The Morgan fingerprint density at radius 1 is 1.38 bits per heavy atom. The Labute approximate surface area is 145 Å². The highest BCUT2D eigenvalue weighted by atomic mass is 16.5. The van der Waals surface area contributed by atoms with Crippen molar-refractivity contribution in [2.24, 2.45) is 16.8 Å². The SMILES string of the molecule is CN=C(NCC1(N(C)C)CCOCC1)N1CC(C)C(C(=O)OC)C1. The second kappa shape index (κ2) is 8.16. The zero-order valence-corrected chi connectivity index (χ0v) is 15.7. The summed E-state index contributed by atoms with van der Waals surface area (Å²) in [7, 11) is 7.50. The van der Waals surface area contributed by atoms with Crippen molar-refractivity contribution in [2.45, 2.75) is 25.3 Å². The lowest BCUT2D eigenvalue weighted by Gasteiger charge is -2.43. The number of hydrogen-bond acceptors (Lipinski definition) is 5. The molecule has 0 bridgehead atoms. The summed E-state index contributed by atoms with van der Waals surface area (Å²) in [6, 6.07) is 0. The van der Waals surface area contributed by atoms with E-state index in [-0.39, 0.29) is 23.3 Å². The maximum absolute atomic E-state index is 11.9. The first-order valence-corrected chi connectivity index (χ1v) is 8.72. The molecule has 0 aromatic heterocycles. The maximum Gasteiger partial charge on any atom is 0.310 e. The van der Waals surface area contributed by atoms with Crippen molar-refractivity contribution >= 4 is 11.9 Å². The average molecular weight is 340 g/mol. The Hall–Kier alpha value is -1.34. The van der Waals surface area contributed by atoms with Gasteiger partial charge in [0.15, 0.2) is 5.96 Å². The summed E-state index contributed by atoms with van der Waals surface area (Å²) >= 11 is 0. The van der Waals surface area contributed by atoms with Crippen LogP contribution in [-0.2, 0) is 14.3 Å². The molecule has 2 saturated heterocycles. The number of guanidine groups is 1. The zero-order valence-electron chi connectivity index (χ0n) is 15.7. The number of esters is 1. The summed E-state index contributed by atoms with van der Waals surface area (Å²) < 4.78 is 10.5. The fourth-order valence-corrected chi connectivity index (χ4v) is 3.71. The van der Waals surface area contributed by atoms with Gasteiger partial charge in [0.05, 0.1) is 13.0 Å². The van der Waals surface area contributed by atoms with Crippen LogP contribution in [0.2, 0.25) is 0 Å². The maximum atomic E-state index is 11.9. The first kappa shape index (κ1) is 19.0. The van der Waals surface area contributed by atoms with E-state index in [1.165, 1.54) is 7.11 Å². The van der Waals surface area contributed by atoms with Gasteiger partial charge in [-0.3, -0.25) is 9.79 Å². The van der Waals surface area contributed by atoms with Crippen molar-refractivity contribution in [1.82, 2.24) is 15.1 Å². The lowest BCUT2D eigenvalue weighted by Crippen LogP contribution is -2.57. The molecule has 1 N–H and O–H groups in total. The number of rotatable bonds is 4. The second-order valence-electron chi connectivity index (χ2n) is 7.14. The minimum Gasteiger partial charge on any atom is -0.469 e. The Morgan fingerprint density at radius 2 is 2.04 bits per heavy atom. The predicted octanol–water partition coefficient (Wildman–Crippen LogP) is 0.414. The van der Waals surface area contributed by atoms with E-state index in [2.05, 4.69) is 41.1 Å². The number of nitrogens with zero attached hydrogens (tertiary/aromatic N) is 3. The summed E-state index contributed by atoms with van der Waals surface area (Å²) in [5, 5.41) is 3.53. The van der Waals surface area contributed by atoms with Crippen molar-refractivity contribution in [3.05, 3.63) is 0 Å². The Bertz CT molecular complexity index is 461. The van der Waals surface area contributed by atoms with Crippen LogP contribution in [0.4, 0.5) is 0 Å². The Morgan fingerprint density at radius 3 is 2.58 bits per heavy atom. The fourth-order valence-electron chi connectivity index (χ4n) is 3.71. The summed E-state index contributed by atoms with van der Waals surface area (Å²) in [5.41, 5.74) is 0.0846. The van der Waals surface area contributed by atoms with Gasteiger partial charge in [0.1, 0.15) is 0 Å². The smallest absolute Gasteiger partial charge is 0.310 e. The molecule has 0 radical (unpaired) electrons. The number of likely N-dealkylation sites (tertiary alicyclic amines) is 1. The van der Waals surface area contributed by atoms with Gasteiger partial charge in [-0.2, -0.15) is 0 Å². The third kappa shape index (κ3) is 4.00. The number of carbonyl (C=O) groups excluding carboxylic acids is 1. The number of methoxy groups -OCH3 is 1. The molecule has 2 unspecified atom stereocenters. The molecule has 7 heteroatoms. The molecular formula is C17H32N4O3. The molecule has 2 aliphatic heterocycles. The van der Waals surface area contributed by atoms with Gasteiger partial charge in [-0.15, -0.1) is 0 Å². The molecule has 24 heavy (non-hydrogen) atoms. The molecule has 138 valence electrons. The first-order chi connectivity index (χ1) is 11.4. The van der Waals surface area contributed by atoms with E-state index in [0.29, 0.717) is 6.54 Å². The van der Waals surface area contributed by atoms with Crippen molar-refractivity contribution in [1.29, 1.82) is 0 Å². The molecule has 0 aromatic rings. The van der Waals surface area contributed by atoms with Crippen LogP contribution in [0.1, 0.15) is 19.8 Å². The standard InChI is InChI=1S/C17H32N4O3/c1-13-10-21(11-14(13)15(22)23-5)16(18-2)19-12-17(20(3)4)6-8-24-9-7-17/h13-14H,6-12H2,1-5H3,(H,18,19). The molecule has 2 fully saturated rings. The van der Waals surface area contributed by atoms with Gasteiger partial charge >= 0.3 is 5.97 Å². The summed E-state index contributed by atoms with van der Waals surface area (Å²) in [5.74, 6) is 0.914. The van der Waals surface area contributed by atoms with Crippen LogP contribution in [0.5, 0.6) is 0 Å². The molecule has 2 atom stereocenters. The van der Waals surface area contributed by atoms with Crippen LogP contribution < -0.4 is 5.32 Å². The highest BCUT2D eigenvalue weighted by molar-refractivity contribution is 5.82. The molecule has 0 saturated carbocycles. The van der Waals surface area contributed by atoms with Crippen LogP contribution in [0.15, 0.2) is 4.99 Å². The highest BCUT2D eigenvalue weighted by Crippen LogP contribution is 2.26. The first-order valence-electron chi connectivity index (χ1n) is 8.72. The van der Waals surface area contributed by atoms with Crippen molar-refractivity contribution < 1.29 is 14.3 Å². The average Bonchev–Trinajstić information content (AvgIpc) is 2.97. The van der Waals surface area contributed by atoms with Crippen LogP contribution in [0, 0.1) is 11.8 Å². The molecule has 2 aliphatic rings. The highest BCUT2D eigenvalue weighted by Gasteiger charge is 2.39. The van der Waals surface area contributed by atoms with Gasteiger partial charge in [0.25, 0.3) is 0 Å². The topological polar surface area (TPSA) is 66.4 Å². The van der Waals surface area contributed by atoms with E-state index >= 15 is 0 Å². The molecule has 2 rings (SSSR count). The van der Waals surface area contributed by atoms with Gasteiger partial charge in [-0.05, 0) is 32.9 Å². The van der Waals surface area contributed by atoms with E-state index < -0.39 is 0 Å². The molecular weight excluding hydrogens is 308 g/mol. The Balaban J connectivity index is 1.99. The lowest BCUT2D eigenvalue weighted by atomic mass is 9.88. The van der Waals surface area contributed by atoms with E-state index in [1.807, 2.05) is 0 Å². The van der Waals surface area contributed by atoms with Crippen LogP contribution in [-0.4, -0.2) is 88.4 Å². The number of nitrogens with one attached hydrogen (secondary N) is 1. The molecule has 0 aliphatic carbocycles. The van der Waals surface area contributed by atoms with Crippen LogP contribution in [0.25, 0.3) is 0 Å². The summed E-state index contributed by atoms with van der Waals surface area (Å²) in [4.78, 5) is 20.8. The molecule has 7 nitrogen and oxygen atoms in total. The number of aliphatic imine (C=N–C) groups is 1. The number of hydrogen-bond donors (Lipinski definition) is 1. The predicted molar refractivity (Wildman–Crippen MR) is 94.1 cm³/mol. The van der Waals surface area contributed by atoms with Gasteiger partial charge in [-0.25, -0.2) is 0 Å². The van der Waals surface area contributed by atoms with E-state index in [9.17, 15) is 4.79 Å². The minimum absolute atomic E-state index is 0.0839. The van der Waals surface area contributed by atoms with E-state index in [4.69, 9.17) is 9.47 Å². The van der Waals surface area contributed by atoms with Gasteiger partial charge in [-0.1, -0.05) is 6.92 Å². The van der Waals surface area contributed by atoms with Crippen molar-refractivity contribution in [2.75, 3.05) is 61.1 Å². The van der Waals surface area contributed by atoms with Crippen molar-refractivity contribution in [3.8, 4) is 0 Å². The summed E-state index contributed by atoms with van der Waals surface area (Å²) in [6.07, 6.45) is 2.01. The molecule has 2 heterocycles. The lowest BCUT2D eigenvalue weighted by molar-refractivity contribution is -0.145. The second-order valence-corrected chi connectivity index (χ2v) is 7.14. The van der Waals surface area contributed by atoms with Gasteiger partial charge in [0, 0.05) is 45.4 Å². The largest absolute Gasteiger partial charge is 0.469 e. The monoisotopic (exact) mass is 340 g/mol. The van der Waals surface area contributed by atoms with E-state index in [1.54, 1.807) is 7.05 Å². The van der Waals surface area contributed by atoms with E-state index in [0.717, 1.165) is 45.1 Å². The number of carbonyl (C=O) groups is 1. The fraction of sp³-hybridized carbons (Fsp3) is 0.882. The molecule has 0 amide bonds. The summed E-state index contributed by atoms with van der Waals surface area (Å²) in [6.45, 7) is 5.98. The Kier molecular flexibility index (Phi) is 6.46. The van der Waals surface area contributed by atoms with Gasteiger partial charge < -0.3 is 24.6 Å². The zero-order chi connectivity index (χ0) is 17.7. The normalized spacial score (nSPS) is 27.4. The number of ether oxygens (including phenoxy) is 2.